The molecule has 4 nitrogen and oxygen atoms in total. The molecule has 0 aliphatic rings. The fraction of sp³-hybridized carbons (Fsp3) is 0.857. The number of aliphatic hydroxyl groups is 3. The van der Waals surface area contributed by atoms with E-state index in [1.54, 1.807) is 0 Å². The first-order valence-corrected chi connectivity index (χ1v) is 3.63. The Balaban J connectivity index is 3.80. The van der Waals surface area contributed by atoms with E-state index >= 15 is 0 Å². The molecule has 0 fully saturated rings. The van der Waals surface area contributed by atoms with Crippen molar-refractivity contribution in [1.29, 1.82) is 0 Å². The average Bonchev–Trinajstić information content (AvgIpc) is 2.02. The van der Waals surface area contributed by atoms with Crippen molar-refractivity contribution >= 4 is 5.78 Å². The molecule has 0 aromatic heterocycles. The van der Waals surface area contributed by atoms with Crippen molar-refractivity contribution in [2.24, 2.45) is 0 Å². The van der Waals surface area contributed by atoms with E-state index in [2.05, 4.69) is 0 Å². The molecule has 0 unspecified atom stereocenters. The summed E-state index contributed by atoms with van der Waals surface area (Å²) in [7, 11) is 0. The van der Waals surface area contributed by atoms with E-state index in [1.807, 2.05) is 6.92 Å². The largest absolute Gasteiger partial charge is 0.390 e. The Hall–Kier alpha value is -0.450. The Bertz CT molecular complexity index is 124. The molecule has 0 aliphatic carbocycles. The minimum absolute atomic E-state index is 0.368. The molecule has 0 spiro atoms. The van der Waals surface area contributed by atoms with Gasteiger partial charge in [0.2, 0.25) is 0 Å². The third-order valence-electron chi connectivity index (χ3n) is 1.43. The second kappa shape index (κ2) is 5.23. The van der Waals surface area contributed by atoms with Gasteiger partial charge in [-0.3, -0.25) is 4.79 Å². The number of Topliss-reactive ketones (excluding diaryl/α,β-unsaturated/α-hetero) is 1. The fourth-order valence-corrected chi connectivity index (χ4v) is 0.762. The second-order valence-electron chi connectivity index (χ2n) is 2.43. The van der Waals surface area contributed by atoms with Crippen LogP contribution in [-0.2, 0) is 4.79 Å². The number of carbonyl (C=O) groups excluding carboxylic acids is 1. The van der Waals surface area contributed by atoms with Crippen LogP contribution in [0.5, 0.6) is 0 Å². The molecule has 0 saturated carbocycles. The normalized spacial score (nSPS) is 16.0. The predicted octanol–water partition coefficient (Wildman–Crippen LogP) is -0.930. The molecule has 0 rings (SSSR count). The minimum Gasteiger partial charge on any atom is -0.390 e. The zero-order valence-corrected chi connectivity index (χ0v) is 6.53. The van der Waals surface area contributed by atoms with Crippen molar-refractivity contribution in [2.75, 3.05) is 6.61 Å². The van der Waals surface area contributed by atoms with Gasteiger partial charge in [-0.2, -0.15) is 0 Å². The first-order chi connectivity index (χ1) is 5.13. The highest BCUT2D eigenvalue weighted by molar-refractivity contribution is 5.84. The first-order valence-electron chi connectivity index (χ1n) is 3.63. The summed E-state index contributed by atoms with van der Waals surface area (Å²) >= 11 is 0. The Labute approximate surface area is 65.5 Å². The maximum atomic E-state index is 10.6. The van der Waals surface area contributed by atoms with Crippen molar-refractivity contribution in [3.05, 3.63) is 0 Å². The van der Waals surface area contributed by atoms with E-state index in [9.17, 15) is 4.79 Å². The predicted molar refractivity (Wildman–Crippen MR) is 39.0 cm³/mol. The van der Waals surface area contributed by atoms with E-state index in [1.165, 1.54) is 0 Å². The maximum absolute atomic E-state index is 10.6. The van der Waals surface area contributed by atoms with Crippen molar-refractivity contribution in [1.82, 2.24) is 0 Å². The smallest absolute Gasteiger partial charge is 0.189 e. The molecule has 0 bridgehead atoms. The maximum Gasteiger partial charge on any atom is 0.189 e. The lowest BCUT2D eigenvalue weighted by Gasteiger charge is -2.14. The lowest BCUT2D eigenvalue weighted by Crippen LogP contribution is -2.35. The zero-order valence-electron chi connectivity index (χ0n) is 6.53. The minimum atomic E-state index is -1.43. The average molecular weight is 162 g/mol. The zero-order chi connectivity index (χ0) is 8.85. The van der Waals surface area contributed by atoms with E-state index < -0.39 is 24.6 Å². The Kier molecular flexibility index (Phi) is 5.02. The topological polar surface area (TPSA) is 77.8 Å². The van der Waals surface area contributed by atoms with E-state index in [0.717, 1.165) is 0 Å². The highest BCUT2D eigenvalue weighted by Crippen LogP contribution is 2.02. The molecule has 0 radical (unpaired) electrons. The molecule has 3 N–H and O–H groups in total. The molecule has 0 aliphatic heterocycles. The summed E-state index contributed by atoms with van der Waals surface area (Å²) in [6.07, 6.45) is -1.41. The van der Waals surface area contributed by atoms with Gasteiger partial charge in [-0.25, -0.2) is 0 Å². The Morgan fingerprint density at radius 1 is 1.45 bits per heavy atom. The molecular weight excluding hydrogens is 148 g/mol. The van der Waals surface area contributed by atoms with Crippen molar-refractivity contribution in [2.45, 2.75) is 32.0 Å². The number of hydrogen-bond acceptors (Lipinski definition) is 4. The summed E-state index contributed by atoms with van der Waals surface area (Å²) in [5.41, 5.74) is 0. The second-order valence-corrected chi connectivity index (χ2v) is 2.43. The van der Waals surface area contributed by atoms with Gasteiger partial charge in [0.05, 0.1) is 6.10 Å². The monoisotopic (exact) mass is 162 g/mol. The first kappa shape index (κ1) is 10.6. The molecule has 0 amide bonds. The van der Waals surface area contributed by atoms with Crippen LogP contribution in [0.1, 0.15) is 19.8 Å². The van der Waals surface area contributed by atoms with Crippen LogP contribution >= 0.6 is 0 Å². The van der Waals surface area contributed by atoms with Crippen LogP contribution in [0.15, 0.2) is 0 Å². The summed E-state index contributed by atoms with van der Waals surface area (Å²) in [4.78, 5) is 10.6. The van der Waals surface area contributed by atoms with Crippen LogP contribution in [0.3, 0.4) is 0 Å². The summed E-state index contributed by atoms with van der Waals surface area (Å²) in [5.74, 6) is -0.731. The van der Waals surface area contributed by atoms with Crippen LogP contribution in [0.4, 0.5) is 0 Å². The molecule has 66 valence electrons. The van der Waals surface area contributed by atoms with Crippen molar-refractivity contribution < 1.29 is 20.1 Å². The molecule has 4 heteroatoms. The number of aliphatic hydroxyl groups excluding tert-OH is 3. The summed E-state index contributed by atoms with van der Waals surface area (Å²) in [5, 5.41) is 26.3. The van der Waals surface area contributed by atoms with Gasteiger partial charge in [0, 0.05) is 0 Å². The van der Waals surface area contributed by atoms with Gasteiger partial charge in [-0.05, 0) is 6.42 Å². The molecule has 2 atom stereocenters. The lowest BCUT2D eigenvalue weighted by atomic mass is 10.1. The van der Waals surface area contributed by atoms with E-state index in [0.29, 0.717) is 12.8 Å². The van der Waals surface area contributed by atoms with Crippen LogP contribution in [0.25, 0.3) is 0 Å². The highest BCUT2D eigenvalue weighted by atomic mass is 16.3. The third kappa shape index (κ3) is 3.46. The molecule has 0 heterocycles. The van der Waals surface area contributed by atoms with Gasteiger partial charge < -0.3 is 15.3 Å². The van der Waals surface area contributed by atoms with Gasteiger partial charge >= 0.3 is 0 Å². The van der Waals surface area contributed by atoms with Gasteiger partial charge in [0.25, 0.3) is 0 Å². The van der Waals surface area contributed by atoms with Crippen LogP contribution < -0.4 is 0 Å². The molecule has 0 aromatic carbocycles. The number of ketones is 1. The lowest BCUT2D eigenvalue weighted by molar-refractivity contribution is -0.135. The number of hydrogen-bond donors (Lipinski definition) is 3. The van der Waals surface area contributed by atoms with Crippen LogP contribution in [-0.4, -0.2) is 39.9 Å². The Morgan fingerprint density at radius 2 is 2.00 bits per heavy atom. The van der Waals surface area contributed by atoms with E-state index in [-0.39, 0.29) is 0 Å². The van der Waals surface area contributed by atoms with Crippen molar-refractivity contribution in [3.63, 3.8) is 0 Å². The highest BCUT2D eigenvalue weighted by Gasteiger charge is 2.21. The summed E-state index contributed by atoms with van der Waals surface area (Å²) < 4.78 is 0. The number of carbonyl (C=O) groups is 1. The van der Waals surface area contributed by atoms with Gasteiger partial charge in [0.1, 0.15) is 12.7 Å². The number of rotatable bonds is 5. The summed E-state index contributed by atoms with van der Waals surface area (Å²) in [6.45, 7) is 1.11. The SMILES string of the molecule is CCC[C@H](O)[C@@H](O)C(=O)CO. The third-order valence-corrected chi connectivity index (χ3v) is 1.43. The molecule has 0 saturated heterocycles. The van der Waals surface area contributed by atoms with Crippen LogP contribution in [0.2, 0.25) is 0 Å². The molecule has 11 heavy (non-hydrogen) atoms. The van der Waals surface area contributed by atoms with Gasteiger partial charge in [-0.1, -0.05) is 13.3 Å². The van der Waals surface area contributed by atoms with Crippen molar-refractivity contribution in [3.8, 4) is 0 Å². The van der Waals surface area contributed by atoms with Gasteiger partial charge in [-0.15, -0.1) is 0 Å². The molecule has 0 aromatic rings. The summed E-state index contributed by atoms with van der Waals surface area (Å²) in [6, 6.07) is 0. The fourth-order valence-electron chi connectivity index (χ4n) is 0.762. The standard InChI is InChI=1S/C7H14O4/c1-2-3-5(9)7(11)6(10)4-8/h5,7-9,11H,2-4H2,1H3/t5-,7+/m0/s1. The quantitative estimate of drug-likeness (QED) is 0.488. The van der Waals surface area contributed by atoms with Crippen LogP contribution in [0, 0.1) is 0 Å². The van der Waals surface area contributed by atoms with Gasteiger partial charge in [0.15, 0.2) is 5.78 Å². The van der Waals surface area contributed by atoms with E-state index in [4.69, 9.17) is 15.3 Å². The Morgan fingerprint density at radius 3 is 2.36 bits per heavy atom. The molecular formula is C7H14O4.